The number of aromatic nitrogens is 1. The minimum Gasteiger partial charge on any atom is -0.394 e. The molecule has 1 aliphatic rings. The zero-order valence-electron chi connectivity index (χ0n) is 12.6. The molecule has 6 N–H and O–H groups in total. The number of hydrogen-bond donors (Lipinski definition) is 5. The van der Waals surface area contributed by atoms with Gasteiger partial charge in [-0.1, -0.05) is 12.2 Å². The summed E-state index contributed by atoms with van der Waals surface area (Å²) in [6, 6.07) is 3.74. The standard InChI is InChI=1S/C14H16N4O5S/c1-5-6(2-15)12(17)18(14(24)7(5)3-16)13-11(22)10(21)9(20)8(4-19)23-13/h8-11,13,19-22H,4,17H2,1H3/t8-,9+,10+,11-,13-/m0/s1. The lowest BCUT2D eigenvalue weighted by Crippen LogP contribution is -2.56. The summed E-state index contributed by atoms with van der Waals surface area (Å²) in [7, 11) is 0. The summed E-state index contributed by atoms with van der Waals surface area (Å²) in [5.74, 6) is -0.150. The number of aliphatic hydroxyl groups excluding tert-OH is 4. The molecule has 2 rings (SSSR count). The molecule has 2 heterocycles. The summed E-state index contributed by atoms with van der Waals surface area (Å²) in [5.41, 5.74) is 6.23. The van der Waals surface area contributed by atoms with Gasteiger partial charge in [0.05, 0.1) is 17.7 Å². The van der Waals surface area contributed by atoms with Gasteiger partial charge < -0.3 is 30.9 Å². The Hall–Kier alpha value is -2.05. The van der Waals surface area contributed by atoms with Crippen molar-refractivity contribution < 1.29 is 25.2 Å². The molecule has 1 saturated heterocycles. The molecular formula is C14H16N4O5S. The fourth-order valence-corrected chi connectivity index (χ4v) is 3.05. The third kappa shape index (κ3) is 2.65. The van der Waals surface area contributed by atoms with Crippen LogP contribution >= 0.6 is 12.2 Å². The molecule has 128 valence electrons. The molecule has 0 spiro atoms. The maximum absolute atomic E-state index is 10.2. The van der Waals surface area contributed by atoms with Crippen molar-refractivity contribution in [2.75, 3.05) is 12.3 Å². The summed E-state index contributed by atoms with van der Waals surface area (Å²) < 4.78 is 6.36. The first kappa shape index (κ1) is 18.3. The van der Waals surface area contributed by atoms with Crippen LogP contribution in [0.2, 0.25) is 0 Å². The Morgan fingerprint density at radius 2 is 1.75 bits per heavy atom. The third-order valence-electron chi connectivity index (χ3n) is 4.04. The van der Waals surface area contributed by atoms with Gasteiger partial charge >= 0.3 is 0 Å². The fourth-order valence-electron chi connectivity index (χ4n) is 2.65. The van der Waals surface area contributed by atoms with E-state index in [2.05, 4.69) is 0 Å². The van der Waals surface area contributed by atoms with Crippen LogP contribution in [0.3, 0.4) is 0 Å². The first-order valence-corrected chi connectivity index (χ1v) is 7.36. The number of rotatable bonds is 2. The summed E-state index contributed by atoms with van der Waals surface area (Å²) >= 11 is 5.20. The van der Waals surface area contributed by atoms with Crippen LogP contribution in [0.15, 0.2) is 0 Å². The maximum atomic E-state index is 10.2. The summed E-state index contributed by atoms with van der Waals surface area (Å²) in [6.45, 7) is 0.887. The molecule has 5 atom stereocenters. The van der Waals surface area contributed by atoms with Gasteiger partial charge in [0, 0.05) is 0 Å². The average molecular weight is 352 g/mol. The molecule has 1 aromatic heterocycles. The third-order valence-corrected chi connectivity index (χ3v) is 4.44. The SMILES string of the molecule is Cc1c(C#N)c(N)n([C@H]2O[C@@H](CO)[C@@H](O)[C@@H](O)[C@@H]2O)c(=S)c1C#N. The van der Waals surface area contributed by atoms with E-state index in [1.165, 1.54) is 6.92 Å². The number of hydrogen-bond acceptors (Lipinski definition) is 9. The summed E-state index contributed by atoms with van der Waals surface area (Å²) in [6.07, 6.45) is -7.38. The summed E-state index contributed by atoms with van der Waals surface area (Å²) in [5, 5.41) is 57.8. The number of anilines is 1. The summed E-state index contributed by atoms with van der Waals surface area (Å²) in [4.78, 5) is 0. The highest BCUT2D eigenvalue weighted by Gasteiger charge is 2.45. The molecule has 0 amide bonds. The first-order valence-electron chi connectivity index (χ1n) is 6.95. The van der Waals surface area contributed by atoms with Gasteiger partial charge in [0.1, 0.15) is 47.0 Å². The monoisotopic (exact) mass is 352 g/mol. The Morgan fingerprint density at radius 1 is 1.17 bits per heavy atom. The number of nitriles is 2. The second kappa shape index (κ2) is 6.83. The minimum atomic E-state index is -1.64. The second-order valence-corrected chi connectivity index (χ2v) is 5.77. The average Bonchev–Trinajstić information content (AvgIpc) is 2.55. The Bertz CT molecular complexity index is 794. The van der Waals surface area contributed by atoms with Crippen molar-refractivity contribution in [3.63, 3.8) is 0 Å². The van der Waals surface area contributed by atoms with Crippen LogP contribution in [-0.2, 0) is 4.74 Å². The number of nitrogen functional groups attached to an aromatic ring is 1. The van der Waals surface area contributed by atoms with Crippen LogP contribution in [0.1, 0.15) is 22.9 Å². The van der Waals surface area contributed by atoms with Crippen molar-refractivity contribution in [1.29, 1.82) is 10.5 Å². The van der Waals surface area contributed by atoms with Gasteiger partial charge in [-0.15, -0.1) is 0 Å². The molecule has 10 heteroatoms. The molecule has 0 aromatic carbocycles. The van der Waals surface area contributed by atoms with Gasteiger partial charge in [-0.25, -0.2) is 0 Å². The Morgan fingerprint density at radius 3 is 2.25 bits per heavy atom. The van der Waals surface area contributed by atoms with Crippen LogP contribution in [0.4, 0.5) is 5.82 Å². The van der Waals surface area contributed by atoms with E-state index >= 15 is 0 Å². The molecule has 9 nitrogen and oxygen atoms in total. The lowest BCUT2D eigenvalue weighted by Gasteiger charge is -2.41. The predicted octanol–water partition coefficient (Wildman–Crippen LogP) is -1.18. The van der Waals surface area contributed by atoms with Gasteiger partial charge in [-0.05, 0) is 12.5 Å². The Kier molecular flexibility index (Phi) is 5.20. The topological polar surface area (TPSA) is 169 Å². The van der Waals surface area contributed by atoms with Gasteiger partial charge in [-0.2, -0.15) is 10.5 Å². The molecule has 1 aliphatic heterocycles. The lowest BCUT2D eigenvalue weighted by atomic mass is 9.97. The van der Waals surface area contributed by atoms with E-state index in [9.17, 15) is 30.9 Å². The number of pyridine rings is 1. The van der Waals surface area contributed by atoms with E-state index in [4.69, 9.17) is 22.7 Å². The second-order valence-electron chi connectivity index (χ2n) is 5.38. The molecule has 24 heavy (non-hydrogen) atoms. The Balaban J connectivity index is 2.71. The number of aliphatic hydroxyl groups is 4. The molecule has 0 bridgehead atoms. The van der Waals surface area contributed by atoms with E-state index in [1.807, 2.05) is 12.1 Å². The van der Waals surface area contributed by atoms with Crippen molar-refractivity contribution >= 4 is 18.0 Å². The first-order chi connectivity index (χ1) is 11.3. The van der Waals surface area contributed by atoms with Gasteiger partial charge in [0.25, 0.3) is 0 Å². The molecule has 0 saturated carbocycles. The molecule has 0 unspecified atom stereocenters. The van der Waals surface area contributed by atoms with Gasteiger partial charge in [0.15, 0.2) is 6.23 Å². The van der Waals surface area contributed by atoms with Gasteiger partial charge in [0.2, 0.25) is 0 Å². The van der Waals surface area contributed by atoms with Crippen molar-refractivity contribution in [3.05, 3.63) is 21.3 Å². The van der Waals surface area contributed by atoms with Crippen LogP contribution < -0.4 is 5.73 Å². The van der Waals surface area contributed by atoms with Crippen LogP contribution in [0.25, 0.3) is 0 Å². The molecular weight excluding hydrogens is 336 g/mol. The maximum Gasteiger partial charge on any atom is 0.165 e. The zero-order chi connectivity index (χ0) is 18.2. The molecule has 1 aromatic rings. The number of ether oxygens (including phenoxy) is 1. The fraction of sp³-hybridized carbons (Fsp3) is 0.500. The molecule has 1 fully saturated rings. The quantitative estimate of drug-likeness (QED) is 0.411. The zero-order valence-corrected chi connectivity index (χ0v) is 13.4. The van der Waals surface area contributed by atoms with E-state index in [0.717, 1.165) is 4.57 Å². The van der Waals surface area contributed by atoms with Gasteiger partial charge in [-0.3, -0.25) is 4.57 Å². The minimum absolute atomic E-state index is 0.00714. The normalized spacial score (nSPS) is 29.7. The highest BCUT2D eigenvalue weighted by atomic mass is 32.1. The van der Waals surface area contributed by atoms with Crippen LogP contribution in [0, 0.1) is 34.2 Å². The van der Waals surface area contributed by atoms with Crippen LogP contribution in [0.5, 0.6) is 0 Å². The highest BCUT2D eigenvalue weighted by molar-refractivity contribution is 7.71. The number of nitrogens with zero attached hydrogens (tertiary/aromatic N) is 3. The largest absolute Gasteiger partial charge is 0.394 e. The smallest absolute Gasteiger partial charge is 0.165 e. The van der Waals surface area contributed by atoms with Crippen molar-refractivity contribution in [1.82, 2.24) is 4.57 Å². The van der Waals surface area contributed by atoms with E-state index in [1.54, 1.807) is 0 Å². The molecule has 0 radical (unpaired) electrons. The van der Waals surface area contributed by atoms with Crippen molar-refractivity contribution in [2.24, 2.45) is 0 Å². The van der Waals surface area contributed by atoms with Crippen molar-refractivity contribution in [3.8, 4) is 12.1 Å². The van der Waals surface area contributed by atoms with E-state index < -0.39 is 37.3 Å². The van der Waals surface area contributed by atoms with E-state index in [0.29, 0.717) is 5.56 Å². The predicted molar refractivity (Wildman–Crippen MR) is 82.9 cm³/mol. The molecule has 0 aliphatic carbocycles. The van der Waals surface area contributed by atoms with E-state index in [-0.39, 0.29) is 21.6 Å². The highest BCUT2D eigenvalue weighted by Crippen LogP contribution is 2.33. The number of nitrogens with two attached hydrogens (primary N) is 1. The van der Waals surface area contributed by atoms with Crippen molar-refractivity contribution in [2.45, 2.75) is 37.6 Å². The van der Waals surface area contributed by atoms with Crippen LogP contribution in [-0.4, -0.2) is 56.0 Å². The Labute approximate surface area is 142 Å². The lowest BCUT2D eigenvalue weighted by molar-refractivity contribution is -0.251.